The van der Waals surface area contributed by atoms with Crippen molar-refractivity contribution in [3.05, 3.63) is 46.2 Å². The number of halogens is 2. The van der Waals surface area contributed by atoms with Gasteiger partial charge in [-0.1, -0.05) is 23.2 Å². The molecule has 114 valence electrons. The summed E-state index contributed by atoms with van der Waals surface area (Å²) in [7, 11) is 0. The third-order valence-corrected chi connectivity index (χ3v) is 3.89. The summed E-state index contributed by atoms with van der Waals surface area (Å²) in [6, 6.07) is 6.47. The van der Waals surface area contributed by atoms with Gasteiger partial charge in [-0.25, -0.2) is 9.97 Å². The van der Waals surface area contributed by atoms with Crippen LogP contribution in [-0.4, -0.2) is 29.0 Å². The second-order valence-electron chi connectivity index (χ2n) is 5.07. The average Bonchev–Trinajstić information content (AvgIpc) is 3.00. The van der Waals surface area contributed by atoms with E-state index >= 15 is 0 Å². The van der Waals surface area contributed by atoms with Crippen LogP contribution < -0.4 is 10.2 Å². The van der Waals surface area contributed by atoms with Gasteiger partial charge in [-0.15, -0.1) is 0 Å². The van der Waals surface area contributed by atoms with Crippen LogP contribution in [0.4, 0.5) is 11.6 Å². The largest absolute Gasteiger partial charge is 0.356 e. The van der Waals surface area contributed by atoms with Gasteiger partial charge >= 0.3 is 0 Å². The number of benzene rings is 1. The number of hydrogen-bond donors (Lipinski definition) is 1. The monoisotopic (exact) mass is 336 g/mol. The fraction of sp³-hybridized carbons (Fsp3) is 0.267. The molecule has 0 aliphatic carbocycles. The number of nitrogens with zero attached hydrogens (tertiary/aromatic N) is 3. The summed E-state index contributed by atoms with van der Waals surface area (Å²) < 4.78 is 0. The summed E-state index contributed by atoms with van der Waals surface area (Å²) in [6.07, 6.45) is 3.77. The SMILES string of the molecule is O=C(Nc1cc(N2CCCC2)ncn1)c1cc(Cl)cc(Cl)c1. The second-order valence-corrected chi connectivity index (χ2v) is 5.94. The van der Waals surface area contributed by atoms with Crippen molar-refractivity contribution in [1.29, 1.82) is 0 Å². The molecule has 0 spiro atoms. The standard InChI is InChI=1S/C15H14Cl2N4O/c16-11-5-10(6-12(17)7-11)15(22)20-13-8-14(19-9-18-13)21-3-1-2-4-21/h5-9H,1-4H2,(H,18,19,20,22). The average molecular weight is 337 g/mol. The van der Waals surface area contributed by atoms with Gasteiger partial charge in [0.05, 0.1) is 0 Å². The maximum absolute atomic E-state index is 12.2. The summed E-state index contributed by atoms with van der Waals surface area (Å²) in [5, 5.41) is 3.57. The highest BCUT2D eigenvalue weighted by molar-refractivity contribution is 6.35. The first-order valence-electron chi connectivity index (χ1n) is 6.96. The summed E-state index contributed by atoms with van der Waals surface area (Å²) in [6.45, 7) is 1.96. The Morgan fingerprint density at radius 3 is 2.41 bits per heavy atom. The molecule has 1 aromatic carbocycles. The second kappa shape index (κ2) is 6.50. The number of aromatic nitrogens is 2. The van der Waals surface area contributed by atoms with E-state index in [-0.39, 0.29) is 5.91 Å². The molecule has 0 bridgehead atoms. The molecule has 22 heavy (non-hydrogen) atoms. The van der Waals surface area contributed by atoms with Crippen LogP contribution in [0.5, 0.6) is 0 Å². The molecular formula is C15H14Cl2N4O. The first kappa shape index (κ1) is 15.1. The van der Waals surface area contributed by atoms with Crippen molar-refractivity contribution in [3.8, 4) is 0 Å². The zero-order valence-electron chi connectivity index (χ0n) is 11.7. The number of anilines is 2. The number of rotatable bonds is 3. The van der Waals surface area contributed by atoms with E-state index in [0.717, 1.165) is 31.7 Å². The lowest BCUT2D eigenvalue weighted by molar-refractivity contribution is 0.102. The molecule has 1 aliphatic rings. The van der Waals surface area contributed by atoms with Crippen molar-refractivity contribution in [2.75, 3.05) is 23.3 Å². The van der Waals surface area contributed by atoms with E-state index in [2.05, 4.69) is 20.2 Å². The number of carbonyl (C=O) groups is 1. The van der Waals surface area contributed by atoms with E-state index < -0.39 is 0 Å². The topological polar surface area (TPSA) is 58.1 Å². The van der Waals surface area contributed by atoms with E-state index in [1.165, 1.54) is 6.33 Å². The summed E-state index contributed by atoms with van der Waals surface area (Å²) in [4.78, 5) is 22.8. The van der Waals surface area contributed by atoms with E-state index in [9.17, 15) is 4.79 Å². The Balaban J connectivity index is 1.77. The minimum absolute atomic E-state index is 0.310. The van der Waals surface area contributed by atoms with E-state index in [1.807, 2.05) is 0 Å². The maximum Gasteiger partial charge on any atom is 0.256 e. The molecule has 0 saturated carbocycles. The minimum Gasteiger partial charge on any atom is -0.356 e. The van der Waals surface area contributed by atoms with Gasteiger partial charge in [-0.2, -0.15) is 0 Å². The lowest BCUT2D eigenvalue weighted by Gasteiger charge is -2.16. The molecule has 2 aromatic rings. The molecule has 5 nitrogen and oxygen atoms in total. The number of amides is 1. The number of carbonyl (C=O) groups excluding carboxylic acids is 1. The third kappa shape index (κ3) is 3.48. The third-order valence-electron chi connectivity index (χ3n) is 3.45. The Hall–Kier alpha value is -1.85. The Morgan fingerprint density at radius 2 is 1.73 bits per heavy atom. The maximum atomic E-state index is 12.2. The van der Waals surface area contributed by atoms with Crippen LogP contribution in [0.15, 0.2) is 30.6 Å². The zero-order chi connectivity index (χ0) is 15.5. The molecule has 0 radical (unpaired) electrons. The van der Waals surface area contributed by atoms with Gasteiger partial charge in [-0.05, 0) is 31.0 Å². The van der Waals surface area contributed by atoms with Crippen LogP contribution in [0.2, 0.25) is 10.0 Å². The normalized spacial score (nSPS) is 14.2. The number of nitrogens with one attached hydrogen (secondary N) is 1. The van der Waals surface area contributed by atoms with Crippen molar-refractivity contribution in [1.82, 2.24) is 9.97 Å². The molecule has 1 amide bonds. The van der Waals surface area contributed by atoms with Crippen LogP contribution in [0.1, 0.15) is 23.2 Å². The molecule has 1 saturated heterocycles. The van der Waals surface area contributed by atoms with Crippen LogP contribution in [-0.2, 0) is 0 Å². The molecule has 1 aliphatic heterocycles. The highest BCUT2D eigenvalue weighted by Crippen LogP contribution is 2.22. The lowest BCUT2D eigenvalue weighted by atomic mass is 10.2. The Kier molecular flexibility index (Phi) is 4.45. The van der Waals surface area contributed by atoms with Gasteiger partial charge < -0.3 is 10.2 Å². The van der Waals surface area contributed by atoms with Crippen LogP contribution >= 0.6 is 23.2 Å². The molecule has 1 fully saturated rings. The minimum atomic E-state index is -0.310. The van der Waals surface area contributed by atoms with E-state index in [1.54, 1.807) is 24.3 Å². The molecule has 1 aromatic heterocycles. The predicted octanol–water partition coefficient (Wildman–Crippen LogP) is 3.64. The highest BCUT2D eigenvalue weighted by Gasteiger charge is 2.15. The molecule has 2 heterocycles. The van der Waals surface area contributed by atoms with Crippen LogP contribution in [0, 0.1) is 0 Å². The lowest BCUT2D eigenvalue weighted by Crippen LogP contribution is -2.20. The summed E-state index contributed by atoms with van der Waals surface area (Å²) in [5.74, 6) is 0.973. The molecule has 3 rings (SSSR count). The van der Waals surface area contributed by atoms with Crippen molar-refractivity contribution in [2.24, 2.45) is 0 Å². The van der Waals surface area contributed by atoms with Gasteiger partial charge in [0.2, 0.25) is 0 Å². The fourth-order valence-corrected chi connectivity index (χ4v) is 2.93. The van der Waals surface area contributed by atoms with Gasteiger partial charge in [0, 0.05) is 34.8 Å². The van der Waals surface area contributed by atoms with Gasteiger partial charge in [-0.3, -0.25) is 4.79 Å². The Labute approximate surface area is 138 Å². The first-order valence-corrected chi connectivity index (χ1v) is 7.72. The van der Waals surface area contributed by atoms with Gasteiger partial charge in [0.15, 0.2) is 0 Å². The molecular weight excluding hydrogens is 323 g/mol. The predicted molar refractivity (Wildman–Crippen MR) is 87.9 cm³/mol. The van der Waals surface area contributed by atoms with Crippen molar-refractivity contribution in [2.45, 2.75) is 12.8 Å². The van der Waals surface area contributed by atoms with Crippen LogP contribution in [0.25, 0.3) is 0 Å². The van der Waals surface area contributed by atoms with Gasteiger partial charge in [0.25, 0.3) is 5.91 Å². The Morgan fingerprint density at radius 1 is 1.05 bits per heavy atom. The molecule has 0 unspecified atom stereocenters. The van der Waals surface area contributed by atoms with Crippen molar-refractivity contribution in [3.63, 3.8) is 0 Å². The van der Waals surface area contributed by atoms with Crippen molar-refractivity contribution < 1.29 is 4.79 Å². The fourth-order valence-electron chi connectivity index (χ4n) is 2.41. The summed E-state index contributed by atoms with van der Waals surface area (Å²) >= 11 is 11.8. The number of hydrogen-bond acceptors (Lipinski definition) is 4. The zero-order valence-corrected chi connectivity index (χ0v) is 13.2. The van der Waals surface area contributed by atoms with Gasteiger partial charge in [0.1, 0.15) is 18.0 Å². The van der Waals surface area contributed by atoms with Crippen molar-refractivity contribution >= 4 is 40.7 Å². The quantitative estimate of drug-likeness (QED) is 0.929. The van der Waals surface area contributed by atoms with E-state index in [0.29, 0.717) is 21.4 Å². The molecule has 7 heteroatoms. The molecule has 1 N–H and O–H groups in total. The van der Waals surface area contributed by atoms with E-state index in [4.69, 9.17) is 23.2 Å². The highest BCUT2D eigenvalue weighted by atomic mass is 35.5. The summed E-state index contributed by atoms with van der Waals surface area (Å²) in [5.41, 5.74) is 0.388. The van der Waals surface area contributed by atoms with Crippen LogP contribution in [0.3, 0.4) is 0 Å². The first-order chi connectivity index (χ1) is 10.6. The smallest absolute Gasteiger partial charge is 0.256 e. The Bertz CT molecular complexity index is 681. The molecule has 0 atom stereocenters.